The fraction of sp³-hybridized carbons (Fsp3) is 0.357. The minimum Gasteiger partial charge on any atom is -0.354 e. The first kappa shape index (κ1) is 14.1. The third-order valence-electron chi connectivity index (χ3n) is 2.99. The first-order valence-corrected chi connectivity index (χ1v) is 6.31. The van der Waals surface area contributed by atoms with E-state index in [1.165, 1.54) is 6.20 Å². The summed E-state index contributed by atoms with van der Waals surface area (Å²) < 4.78 is 26.3. The van der Waals surface area contributed by atoms with Crippen LogP contribution < -0.4 is 4.90 Å². The molecule has 0 amide bonds. The Kier molecular flexibility index (Phi) is 4.08. The van der Waals surface area contributed by atoms with Gasteiger partial charge in [0.05, 0.1) is 29.2 Å². The number of aromatic nitrogens is 2. The highest BCUT2D eigenvalue weighted by molar-refractivity contribution is 5.75. The SMILES string of the molecule is CCN(C[C@H](C)C#N)c1cnc2cc(F)c(F)cc2n1. The molecule has 1 heterocycles. The molecule has 4 nitrogen and oxygen atoms in total. The Hall–Kier alpha value is -2.29. The fourth-order valence-corrected chi connectivity index (χ4v) is 1.91. The van der Waals surface area contributed by atoms with E-state index in [1.807, 2.05) is 18.7 Å². The van der Waals surface area contributed by atoms with Crippen molar-refractivity contribution in [3.8, 4) is 6.07 Å². The lowest BCUT2D eigenvalue weighted by molar-refractivity contribution is 0.510. The molecule has 104 valence electrons. The summed E-state index contributed by atoms with van der Waals surface area (Å²) in [5, 5.41) is 8.86. The molecule has 0 aliphatic heterocycles. The molecule has 2 rings (SSSR count). The number of benzene rings is 1. The zero-order valence-corrected chi connectivity index (χ0v) is 11.3. The van der Waals surface area contributed by atoms with Gasteiger partial charge in [-0.1, -0.05) is 0 Å². The topological polar surface area (TPSA) is 52.8 Å². The van der Waals surface area contributed by atoms with Crippen molar-refractivity contribution in [2.45, 2.75) is 13.8 Å². The molecule has 0 aliphatic carbocycles. The van der Waals surface area contributed by atoms with E-state index < -0.39 is 11.6 Å². The molecular formula is C14H14F2N4. The average Bonchev–Trinajstić information content (AvgIpc) is 2.45. The smallest absolute Gasteiger partial charge is 0.161 e. The standard InChI is InChI=1S/C14H14F2N4/c1-3-20(8-9(2)6-17)14-7-18-12-4-10(15)11(16)5-13(12)19-14/h4-5,7,9H,3,8H2,1-2H3/t9-/m1/s1. The van der Waals surface area contributed by atoms with Gasteiger partial charge in [-0.05, 0) is 13.8 Å². The number of anilines is 1. The lowest BCUT2D eigenvalue weighted by Gasteiger charge is -2.22. The number of fused-ring (bicyclic) bond motifs is 1. The van der Waals surface area contributed by atoms with E-state index in [4.69, 9.17) is 5.26 Å². The van der Waals surface area contributed by atoms with Gasteiger partial charge in [-0.3, -0.25) is 4.98 Å². The molecule has 0 N–H and O–H groups in total. The second-order valence-corrected chi connectivity index (χ2v) is 4.55. The zero-order valence-electron chi connectivity index (χ0n) is 11.3. The van der Waals surface area contributed by atoms with Crippen LogP contribution in [0, 0.1) is 28.9 Å². The Morgan fingerprint density at radius 2 is 1.95 bits per heavy atom. The largest absolute Gasteiger partial charge is 0.354 e. The maximum atomic E-state index is 13.2. The van der Waals surface area contributed by atoms with Gasteiger partial charge in [0, 0.05) is 25.2 Å². The second-order valence-electron chi connectivity index (χ2n) is 4.55. The van der Waals surface area contributed by atoms with Crippen LogP contribution in [0.3, 0.4) is 0 Å². The highest BCUT2D eigenvalue weighted by atomic mass is 19.2. The van der Waals surface area contributed by atoms with Crippen molar-refractivity contribution in [2.24, 2.45) is 5.92 Å². The molecule has 0 aliphatic rings. The van der Waals surface area contributed by atoms with Crippen LogP contribution in [0.1, 0.15) is 13.8 Å². The molecule has 1 aromatic heterocycles. The van der Waals surface area contributed by atoms with E-state index >= 15 is 0 Å². The van der Waals surface area contributed by atoms with Crippen molar-refractivity contribution in [1.82, 2.24) is 9.97 Å². The third kappa shape index (κ3) is 2.82. The normalized spacial score (nSPS) is 12.2. The molecule has 1 aromatic carbocycles. The molecular weight excluding hydrogens is 262 g/mol. The minimum absolute atomic E-state index is 0.155. The van der Waals surface area contributed by atoms with Crippen LogP contribution in [0.5, 0.6) is 0 Å². The molecule has 0 radical (unpaired) electrons. The summed E-state index contributed by atoms with van der Waals surface area (Å²) >= 11 is 0. The van der Waals surface area contributed by atoms with Gasteiger partial charge in [0.1, 0.15) is 5.82 Å². The number of nitrogens with zero attached hydrogens (tertiary/aromatic N) is 4. The molecule has 1 atom stereocenters. The summed E-state index contributed by atoms with van der Waals surface area (Å²) in [4.78, 5) is 10.3. The van der Waals surface area contributed by atoms with Crippen LogP contribution in [0.15, 0.2) is 18.3 Å². The molecule has 0 fully saturated rings. The van der Waals surface area contributed by atoms with Gasteiger partial charge in [0.15, 0.2) is 11.6 Å². The van der Waals surface area contributed by atoms with Crippen LogP contribution in [0.4, 0.5) is 14.6 Å². The van der Waals surface area contributed by atoms with Gasteiger partial charge in [-0.25, -0.2) is 13.8 Å². The summed E-state index contributed by atoms with van der Waals surface area (Å²) in [6.45, 7) is 4.90. The summed E-state index contributed by atoms with van der Waals surface area (Å²) in [5.74, 6) is -1.49. The summed E-state index contributed by atoms with van der Waals surface area (Å²) in [6, 6.07) is 4.21. The summed E-state index contributed by atoms with van der Waals surface area (Å²) in [5.41, 5.74) is 0.599. The number of hydrogen-bond acceptors (Lipinski definition) is 4. The van der Waals surface area contributed by atoms with E-state index in [2.05, 4.69) is 16.0 Å². The van der Waals surface area contributed by atoms with Gasteiger partial charge in [-0.2, -0.15) is 5.26 Å². The van der Waals surface area contributed by atoms with Crippen molar-refractivity contribution < 1.29 is 8.78 Å². The van der Waals surface area contributed by atoms with Gasteiger partial charge >= 0.3 is 0 Å². The lowest BCUT2D eigenvalue weighted by Crippen LogP contribution is -2.28. The molecule has 20 heavy (non-hydrogen) atoms. The molecule has 2 aromatic rings. The van der Waals surface area contributed by atoms with Crippen molar-refractivity contribution >= 4 is 16.9 Å². The first-order chi connectivity index (χ1) is 9.55. The summed E-state index contributed by atoms with van der Waals surface area (Å²) in [7, 11) is 0. The van der Waals surface area contributed by atoms with Crippen LogP contribution in [0.2, 0.25) is 0 Å². The fourth-order valence-electron chi connectivity index (χ4n) is 1.91. The van der Waals surface area contributed by atoms with E-state index in [-0.39, 0.29) is 5.92 Å². The lowest BCUT2D eigenvalue weighted by atomic mass is 10.2. The molecule has 0 bridgehead atoms. The van der Waals surface area contributed by atoms with Crippen LogP contribution in [-0.2, 0) is 0 Å². The Labute approximate surface area is 115 Å². The van der Waals surface area contributed by atoms with Crippen LogP contribution >= 0.6 is 0 Å². The van der Waals surface area contributed by atoms with Gasteiger partial charge in [0.25, 0.3) is 0 Å². The average molecular weight is 276 g/mol. The van der Waals surface area contributed by atoms with Crippen molar-refractivity contribution in [3.63, 3.8) is 0 Å². The number of nitriles is 1. The zero-order chi connectivity index (χ0) is 14.7. The quantitative estimate of drug-likeness (QED) is 0.861. The molecule has 0 saturated heterocycles. The van der Waals surface area contributed by atoms with Crippen LogP contribution in [0.25, 0.3) is 11.0 Å². The molecule has 0 saturated carbocycles. The highest BCUT2D eigenvalue weighted by Crippen LogP contribution is 2.19. The maximum absolute atomic E-state index is 13.2. The Morgan fingerprint density at radius 3 is 2.55 bits per heavy atom. The first-order valence-electron chi connectivity index (χ1n) is 6.31. The highest BCUT2D eigenvalue weighted by Gasteiger charge is 2.13. The van der Waals surface area contributed by atoms with Gasteiger partial charge in [0.2, 0.25) is 0 Å². The van der Waals surface area contributed by atoms with E-state index in [9.17, 15) is 8.78 Å². The number of hydrogen-bond donors (Lipinski definition) is 0. The minimum atomic E-state index is -0.947. The second kappa shape index (κ2) is 5.78. The van der Waals surface area contributed by atoms with E-state index in [0.29, 0.717) is 29.9 Å². The van der Waals surface area contributed by atoms with E-state index in [0.717, 1.165) is 12.1 Å². The van der Waals surface area contributed by atoms with Crippen molar-refractivity contribution in [2.75, 3.05) is 18.0 Å². The molecule has 0 unspecified atom stereocenters. The molecule has 6 heteroatoms. The van der Waals surface area contributed by atoms with Crippen molar-refractivity contribution in [1.29, 1.82) is 5.26 Å². The number of halogens is 2. The van der Waals surface area contributed by atoms with Crippen LogP contribution in [-0.4, -0.2) is 23.1 Å². The Morgan fingerprint density at radius 1 is 1.30 bits per heavy atom. The monoisotopic (exact) mass is 276 g/mol. The Bertz CT molecular complexity index is 666. The predicted molar refractivity (Wildman–Crippen MR) is 72.1 cm³/mol. The van der Waals surface area contributed by atoms with Gasteiger partial charge in [-0.15, -0.1) is 0 Å². The Balaban J connectivity index is 2.39. The predicted octanol–water partition coefficient (Wildman–Crippen LogP) is 2.89. The van der Waals surface area contributed by atoms with E-state index in [1.54, 1.807) is 0 Å². The maximum Gasteiger partial charge on any atom is 0.161 e. The van der Waals surface area contributed by atoms with Crippen molar-refractivity contribution in [3.05, 3.63) is 30.0 Å². The number of rotatable bonds is 4. The van der Waals surface area contributed by atoms with Gasteiger partial charge < -0.3 is 4.90 Å². The molecule has 0 spiro atoms. The summed E-state index contributed by atoms with van der Waals surface area (Å²) in [6.07, 6.45) is 1.51. The third-order valence-corrected chi connectivity index (χ3v) is 2.99.